The summed E-state index contributed by atoms with van der Waals surface area (Å²) >= 11 is 3.53. The summed E-state index contributed by atoms with van der Waals surface area (Å²) in [5, 5.41) is 2.05. The summed E-state index contributed by atoms with van der Waals surface area (Å²) in [5.74, 6) is 0.394. The van der Waals surface area contributed by atoms with Gasteiger partial charge in [-0.3, -0.25) is 9.78 Å². The molecule has 1 atom stereocenters. The predicted octanol–water partition coefficient (Wildman–Crippen LogP) is 2.31. The van der Waals surface area contributed by atoms with E-state index in [-0.39, 0.29) is 11.8 Å². The van der Waals surface area contributed by atoms with E-state index in [0.29, 0.717) is 19.5 Å². The van der Waals surface area contributed by atoms with Crippen molar-refractivity contribution >= 4 is 38.3 Å². The molecule has 0 saturated carbocycles. The lowest BCUT2D eigenvalue weighted by Gasteiger charge is -2.19. The molecule has 2 heterocycles. The lowest BCUT2D eigenvalue weighted by atomic mass is 10.1. The van der Waals surface area contributed by atoms with E-state index in [4.69, 9.17) is 5.73 Å². The molecule has 1 aromatic heterocycles. The quantitative estimate of drug-likeness (QED) is 0.924. The standard InChI is InChI=1S/C14H14BrN3O/c15-12-1-2-13(11-7-17-4-3-10(11)12)18-8-9(6-16)5-14(18)19/h1-4,7,9H,5-6,8,16H2. The second-order valence-electron chi connectivity index (χ2n) is 4.80. The molecule has 1 amide bonds. The largest absolute Gasteiger partial charge is 0.330 e. The van der Waals surface area contributed by atoms with E-state index >= 15 is 0 Å². The van der Waals surface area contributed by atoms with Crippen LogP contribution in [0.25, 0.3) is 10.8 Å². The van der Waals surface area contributed by atoms with Gasteiger partial charge in [-0.2, -0.15) is 0 Å². The number of benzene rings is 1. The molecule has 0 bridgehead atoms. The molecule has 19 heavy (non-hydrogen) atoms. The molecule has 3 rings (SSSR count). The molecule has 0 spiro atoms. The fraction of sp³-hybridized carbons (Fsp3) is 0.286. The summed E-state index contributed by atoms with van der Waals surface area (Å²) in [6.45, 7) is 1.25. The summed E-state index contributed by atoms with van der Waals surface area (Å²) in [7, 11) is 0. The predicted molar refractivity (Wildman–Crippen MR) is 79.0 cm³/mol. The monoisotopic (exact) mass is 319 g/mol. The van der Waals surface area contributed by atoms with Crippen molar-refractivity contribution in [2.45, 2.75) is 6.42 Å². The van der Waals surface area contributed by atoms with Crippen molar-refractivity contribution in [2.24, 2.45) is 11.7 Å². The highest BCUT2D eigenvalue weighted by Crippen LogP contribution is 2.34. The number of anilines is 1. The summed E-state index contributed by atoms with van der Waals surface area (Å²) in [6, 6.07) is 5.88. The van der Waals surface area contributed by atoms with E-state index in [0.717, 1.165) is 20.9 Å². The first-order valence-electron chi connectivity index (χ1n) is 6.23. The van der Waals surface area contributed by atoms with Crippen LogP contribution in [0.1, 0.15) is 6.42 Å². The molecule has 2 N–H and O–H groups in total. The summed E-state index contributed by atoms with van der Waals surface area (Å²) in [5.41, 5.74) is 6.60. The number of carbonyl (C=O) groups excluding carboxylic acids is 1. The van der Waals surface area contributed by atoms with E-state index in [9.17, 15) is 4.79 Å². The Kier molecular flexibility index (Phi) is 3.24. The van der Waals surface area contributed by atoms with Crippen molar-refractivity contribution < 1.29 is 4.79 Å². The van der Waals surface area contributed by atoms with Crippen LogP contribution in [0.2, 0.25) is 0 Å². The minimum Gasteiger partial charge on any atom is -0.330 e. The Morgan fingerprint density at radius 2 is 2.21 bits per heavy atom. The molecular weight excluding hydrogens is 306 g/mol. The number of aromatic nitrogens is 1. The number of carbonyl (C=O) groups is 1. The van der Waals surface area contributed by atoms with Gasteiger partial charge in [0.1, 0.15) is 0 Å². The molecule has 1 aliphatic rings. The molecule has 1 unspecified atom stereocenters. The Morgan fingerprint density at radius 3 is 2.95 bits per heavy atom. The molecule has 5 heteroatoms. The number of fused-ring (bicyclic) bond motifs is 1. The highest BCUT2D eigenvalue weighted by atomic mass is 79.9. The minimum absolute atomic E-state index is 0.142. The second kappa shape index (κ2) is 4.90. The van der Waals surface area contributed by atoms with E-state index in [1.807, 2.05) is 23.1 Å². The SMILES string of the molecule is NCC1CC(=O)N(c2ccc(Br)c3ccncc23)C1. The number of nitrogens with two attached hydrogens (primary N) is 1. The molecule has 1 aromatic carbocycles. The first-order valence-corrected chi connectivity index (χ1v) is 7.02. The van der Waals surface area contributed by atoms with Crippen LogP contribution in [0, 0.1) is 5.92 Å². The molecule has 0 radical (unpaired) electrons. The van der Waals surface area contributed by atoms with Gasteiger partial charge < -0.3 is 10.6 Å². The highest BCUT2D eigenvalue weighted by Gasteiger charge is 2.30. The molecule has 98 valence electrons. The zero-order valence-corrected chi connectivity index (χ0v) is 11.9. The molecule has 0 aliphatic carbocycles. The van der Waals surface area contributed by atoms with Crippen molar-refractivity contribution in [3.63, 3.8) is 0 Å². The average Bonchev–Trinajstić information content (AvgIpc) is 2.81. The van der Waals surface area contributed by atoms with Crippen molar-refractivity contribution in [2.75, 3.05) is 18.0 Å². The van der Waals surface area contributed by atoms with Gasteiger partial charge in [-0.25, -0.2) is 0 Å². The molecule has 2 aromatic rings. The Morgan fingerprint density at radius 1 is 1.37 bits per heavy atom. The van der Waals surface area contributed by atoms with Gasteiger partial charge in [0.25, 0.3) is 0 Å². The van der Waals surface area contributed by atoms with Crippen LogP contribution in [0.4, 0.5) is 5.69 Å². The van der Waals surface area contributed by atoms with Gasteiger partial charge >= 0.3 is 0 Å². The van der Waals surface area contributed by atoms with Crippen LogP contribution in [0.3, 0.4) is 0 Å². The maximum absolute atomic E-state index is 12.1. The summed E-state index contributed by atoms with van der Waals surface area (Å²) in [4.78, 5) is 18.1. The number of pyridine rings is 1. The topological polar surface area (TPSA) is 59.2 Å². The van der Waals surface area contributed by atoms with Gasteiger partial charge in [0.15, 0.2) is 0 Å². The summed E-state index contributed by atoms with van der Waals surface area (Å²) < 4.78 is 1.01. The van der Waals surface area contributed by atoms with Crippen LogP contribution in [-0.4, -0.2) is 24.0 Å². The van der Waals surface area contributed by atoms with Gasteiger partial charge in [-0.15, -0.1) is 0 Å². The number of nitrogens with zero attached hydrogens (tertiary/aromatic N) is 2. The Labute approximate surface area is 119 Å². The Balaban J connectivity index is 2.11. The zero-order valence-electron chi connectivity index (χ0n) is 10.3. The molecule has 1 fully saturated rings. The third kappa shape index (κ3) is 2.13. The highest BCUT2D eigenvalue weighted by molar-refractivity contribution is 9.10. The van der Waals surface area contributed by atoms with E-state index in [1.165, 1.54) is 0 Å². The normalized spacial score (nSPS) is 19.4. The Bertz CT molecular complexity index is 644. The maximum atomic E-state index is 12.1. The maximum Gasteiger partial charge on any atom is 0.227 e. The van der Waals surface area contributed by atoms with Crippen LogP contribution >= 0.6 is 15.9 Å². The van der Waals surface area contributed by atoms with E-state index in [1.54, 1.807) is 12.4 Å². The number of halogens is 1. The summed E-state index contributed by atoms with van der Waals surface area (Å²) in [6.07, 6.45) is 4.10. The minimum atomic E-state index is 0.142. The first-order chi connectivity index (χ1) is 9.20. The average molecular weight is 320 g/mol. The van der Waals surface area contributed by atoms with Crippen LogP contribution in [-0.2, 0) is 4.79 Å². The third-order valence-electron chi connectivity index (χ3n) is 3.57. The molecule has 1 aliphatic heterocycles. The number of rotatable bonds is 2. The van der Waals surface area contributed by atoms with Gasteiger partial charge in [0.2, 0.25) is 5.91 Å². The lowest BCUT2D eigenvalue weighted by molar-refractivity contribution is -0.117. The van der Waals surface area contributed by atoms with Crippen LogP contribution < -0.4 is 10.6 Å². The third-order valence-corrected chi connectivity index (χ3v) is 4.26. The zero-order chi connectivity index (χ0) is 13.4. The van der Waals surface area contributed by atoms with Crippen molar-refractivity contribution in [3.05, 3.63) is 35.1 Å². The molecule has 1 saturated heterocycles. The second-order valence-corrected chi connectivity index (χ2v) is 5.65. The number of hydrogen-bond acceptors (Lipinski definition) is 3. The van der Waals surface area contributed by atoms with E-state index < -0.39 is 0 Å². The van der Waals surface area contributed by atoms with Gasteiger partial charge in [0.05, 0.1) is 5.69 Å². The lowest BCUT2D eigenvalue weighted by Crippen LogP contribution is -2.25. The fourth-order valence-corrected chi connectivity index (χ4v) is 3.02. The van der Waals surface area contributed by atoms with Crippen LogP contribution in [0.15, 0.2) is 35.1 Å². The van der Waals surface area contributed by atoms with Gasteiger partial charge in [-0.1, -0.05) is 15.9 Å². The number of amides is 1. The van der Waals surface area contributed by atoms with E-state index in [2.05, 4.69) is 20.9 Å². The van der Waals surface area contributed by atoms with Crippen molar-refractivity contribution in [1.82, 2.24) is 4.98 Å². The first kappa shape index (κ1) is 12.6. The molecule has 4 nitrogen and oxygen atoms in total. The van der Waals surface area contributed by atoms with Gasteiger partial charge in [-0.05, 0) is 30.7 Å². The fourth-order valence-electron chi connectivity index (χ4n) is 2.55. The number of hydrogen-bond donors (Lipinski definition) is 1. The molecular formula is C14H14BrN3O. The van der Waals surface area contributed by atoms with Crippen LogP contribution in [0.5, 0.6) is 0 Å². The smallest absolute Gasteiger partial charge is 0.227 e. The van der Waals surface area contributed by atoms with Crippen molar-refractivity contribution in [1.29, 1.82) is 0 Å². The Hall–Kier alpha value is -1.46. The van der Waals surface area contributed by atoms with Gasteiger partial charge in [0, 0.05) is 40.6 Å². The van der Waals surface area contributed by atoms with Crippen molar-refractivity contribution in [3.8, 4) is 0 Å².